The molecule has 2 unspecified atom stereocenters. The van der Waals surface area contributed by atoms with E-state index in [1.165, 1.54) is 0 Å². The lowest BCUT2D eigenvalue weighted by atomic mass is 10.2. The Kier molecular flexibility index (Phi) is 2.13. The van der Waals surface area contributed by atoms with Gasteiger partial charge in [-0.3, -0.25) is 0 Å². The van der Waals surface area contributed by atoms with Gasteiger partial charge in [0.1, 0.15) is 12.3 Å². The number of halogens is 3. The maximum atomic E-state index is 12.4. The van der Waals surface area contributed by atoms with Gasteiger partial charge in [0.2, 0.25) is 5.50 Å². The fourth-order valence-corrected chi connectivity index (χ4v) is 2.37. The van der Waals surface area contributed by atoms with Crippen LogP contribution in [0.1, 0.15) is 6.42 Å². The molecule has 3 atom stereocenters. The minimum Gasteiger partial charge on any atom is -0.246 e. The van der Waals surface area contributed by atoms with Gasteiger partial charge in [-0.05, 0) is 0 Å². The van der Waals surface area contributed by atoms with Crippen LogP contribution in [0.4, 0.5) is 13.2 Å². The lowest BCUT2D eigenvalue weighted by Gasteiger charge is -2.22. The standard InChI is InChI=1S/C5H7F3O2S/c6-3-1-4(7)5(8)11(9,10)2-3/h3-5H,1-2H2/t3-,4?,5?/m1/s1. The van der Waals surface area contributed by atoms with E-state index >= 15 is 0 Å². The molecule has 1 rings (SSSR count). The molecule has 0 aromatic rings. The third-order valence-electron chi connectivity index (χ3n) is 1.52. The maximum Gasteiger partial charge on any atom is 0.231 e. The highest BCUT2D eigenvalue weighted by Crippen LogP contribution is 2.25. The molecule has 2 nitrogen and oxygen atoms in total. The summed E-state index contributed by atoms with van der Waals surface area (Å²) in [6, 6.07) is 0. The normalized spacial score (nSPS) is 43.7. The molecule has 1 heterocycles. The fourth-order valence-electron chi connectivity index (χ4n) is 0.988. The summed E-state index contributed by atoms with van der Waals surface area (Å²) < 4.78 is 58.1. The largest absolute Gasteiger partial charge is 0.246 e. The number of hydrogen-bond donors (Lipinski definition) is 0. The highest BCUT2D eigenvalue weighted by molar-refractivity contribution is 7.92. The summed E-state index contributed by atoms with van der Waals surface area (Å²) in [5.41, 5.74) is -2.53. The Bertz CT molecular complexity index is 238. The van der Waals surface area contributed by atoms with Crippen LogP contribution in [0.25, 0.3) is 0 Å². The highest BCUT2D eigenvalue weighted by atomic mass is 32.2. The molecule has 1 aliphatic heterocycles. The Hall–Kier alpha value is -0.260. The molecule has 0 radical (unpaired) electrons. The van der Waals surface area contributed by atoms with Crippen LogP contribution < -0.4 is 0 Å². The number of rotatable bonds is 0. The first kappa shape index (κ1) is 8.83. The van der Waals surface area contributed by atoms with E-state index in [1.54, 1.807) is 0 Å². The Morgan fingerprint density at radius 3 is 2.18 bits per heavy atom. The summed E-state index contributed by atoms with van der Waals surface area (Å²) in [4.78, 5) is 0. The average molecular weight is 188 g/mol. The monoisotopic (exact) mass is 188 g/mol. The van der Waals surface area contributed by atoms with Crippen LogP contribution in [0.2, 0.25) is 0 Å². The van der Waals surface area contributed by atoms with E-state index in [0.717, 1.165) is 0 Å². The summed E-state index contributed by atoms with van der Waals surface area (Å²) in [5.74, 6) is -0.894. The number of sulfone groups is 1. The Morgan fingerprint density at radius 1 is 1.18 bits per heavy atom. The van der Waals surface area contributed by atoms with Crippen molar-refractivity contribution < 1.29 is 21.6 Å². The molecule has 66 valence electrons. The van der Waals surface area contributed by atoms with Crippen LogP contribution in [0.3, 0.4) is 0 Å². The fraction of sp³-hybridized carbons (Fsp3) is 1.00. The van der Waals surface area contributed by atoms with Gasteiger partial charge in [0.25, 0.3) is 0 Å². The minimum atomic E-state index is -4.18. The van der Waals surface area contributed by atoms with Crippen molar-refractivity contribution in [3.63, 3.8) is 0 Å². The SMILES string of the molecule is O=S1(=O)C[C@H](F)CC(F)C1F. The van der Waals surface area contributed by atoms with Crippen molar-refractivity contribution in [2.24, 2.45) is 0 Å². The molecule has 0 aromatic heterocycles. The van der Waals surface area contributed by atoms with Gasteiger partial charge in [0, 0.05) is 6.42 Å². The van der Waals surface area contributed by atoms with E-state index in [2.05, 4.69) is 0 Å². The summed E-state index contributed by atoms with van der Waals surface area (Å²) in [6.45, 7) is 0. The molecule has 0 amide bonds. The van der Waals surface area contributed by atoms with Crippen LogP contribution in [0, 0.1) is 0 Å². The molecule has 0 N–H and O–H groups in total. The molecule has 0 spiro atoms. The third-order valence-corrected chi connectivity index (χ3v) is 3.33. The summed E-state index contributed by atoms with van der Waals surface area (Å²) in [7, 11) is -4.18. The zero-order valence-corrected chi connectivity index (χ0v) is 6.32. The first-order chi connectivity index (χ1) is 4.93. The van der Waals surface area contributed by atoms with Crippen LogP contribution in [-0.2, 0) is 9.84 Å². The molecule has 1 fully saturated rings. The van der Waals surface area contributed by atoms with Gasteiger partial charge < -0.3 is 0 Å². The minimum absolute atomic E-state index is 0.652. The Balaban J connectivity index is 2.84. The molecular weight excluding hydrogens is 181 g/mol. The van der Waals surface area contributed by atoms with Gasteiger partial charge in [-0.15, -0.1) is 0 Å². The van der Waals surface area contributed by atoms with Gasteiger partial charge in [0.05, 0.1) is 5.75 Å². The first-order valence-electron chi connectivity index (χ1n) is 3.07. The van der Waals surface area contributed by atoms with E-state index in [1.807, 2.05) is 0 Å². The lowest BCUT2D eigenvalue weighted by molar-refractivity contribution is 0.159. The van der Waals surface area contributed by atoms with Gasteiger partial charge in [-0.1, -0.05) is 0 Å². The summed E-state index contributed by atoms with van der Waals surface area (Å²) in [6.07, 6.45) is -4.62. The smallest absolute Gasteiger partial charge is 0.231 e. The van der Waals surface area contributed by atoms with Gasteiger partial charge in [-0.2, -0.15) is 0 Å². The van der Waals surface area contributed by atoms with Gasteiger partial charge >= 0.3 is 0 Å². The second-order valence-electron chi connectivity index (χ2n) is 2.53. The number of hydrogen-bond acceptors (Lipinski definition) is 2. The van der Waals surface area contributed by atoms with Crippen molar-refractivity contribution in [2.75, 3.05) is 5.75 Å². The zero-order valence-electron chi connectivity index (χ0n) is 5.50. The second kappa shape index (κ2) is 2.66. The highest BCUT2D eigenvalue weighted by Gasteiger charge is 2.42. The van der Waals surface area contributed by atoms with Crippen LogP contribution in [0.5, 0.6) is 0 Å². The van der Waals surface area contributed by atoms with E-state index in [-0.39, 0.29) is 0 Å². The van der Waals surface area contributed by atoms with Crippen molar-refractivity contribution in [2.45, 2.75) is 24.3 Å². The van der Waals surface area contributed by atoms with Crippen LogP contribution >= 0.6 is 0 Å². The Morgan fingerprint density at radius 2 is 1.73 bits per heavy atom. The summed E-state index contributed by atoms with van der Waals surface area (Å²) in [5, 5.41) is 0. The molecule has 6 heteroatoms. The molecule has 0 saturated carbocycles. The lowest BCUT2D eigenvalue weighted by Crippen LogP contribution is -2.40. The molecule has 1 aliphatic rings. The summed E-state index contributed by atoms with van der Waals surface area (Å²) >= 11 is 0. The van der Waals surface area contributed by atoms with E-state index in [9.17, 15) is 21.6 Å². The molecular formula is C5H7F3O2S. The van der Waals surface area contributed by atoms with Crippen LogP contribution in [-0.4, -0.2) is 32.0 Å². The zero-order chi connectivity index (χ0) is 8.65. The molecule has 0 aliphatic carbocycles. The van der Waals surface area contributed by atoms with Crippen molar-refractivity contribution >= 4 is 9.84 Å². The van der Waals surface area contributed by atoms with Crippen molar-refractivity contribution in [1.29, 1.82) is 0 Å². The van der Waals surface area contributed by atoms with E-state index in [0.29, 0.717) is 0 Å². The predicted octanol–water partition coefficient (Wildman–Crippen LogP) is 0.777. The first-order valence-corrected chi connectivity index (χ1v) is 4.79. The molecule has 1 saturated heterocycles. The van der Waals surface area contributed by atoms with Crippen LogP contribution in [0.15, 0.2) is 0 Å². The third kappa shape index (κ3) is 1.66. The van der Waals surface area contributed by atoms with E-state index < -0.39 is 39.9 Å². The molecule has 11 heavy (non-hydrogen) atoms. The molecule has 0 aromatic carbocycles. The van der Waals surface area contributed by atoms with Gasteiger partial charge in [0.15, 0.2) is 9.84 Å². The van der Waals surface area contributed by atoms with Crippen molar-refractivity contribution in [3.8, 4) is 0 Å². The van der Waals surface area contributed by atoms with Crippen molar-refractivity contribution in [3.05, 3.63) is 0 Å². The van der Waals surface area contributed by atoms with Crippen molar-refractivity contribution in [1.82, 2.24) is 0 Å². The quantitative estimate of drug-likeness (QED) is 0.563. The average Bonchev–Trinajstić information content (AvgIpc) is 1.81. The predicted molar refractivity (Wildman–Crippen MR) is 33.1 cm³/mol. The second-order valence-corrected chi connectivity index (χ2v) is 4.64. The molecule has 0 bridgehead atoms. The maximum absolute atomic E-state index is 12.4. The van der Waals surface area contributed by atoms with Gasteiger partial charge in [-0.25, -0.2) is 21.6 Å². The topological polar surface area (TPSA) is 34.1 Å². The van der Waals surface area contributed by atoms with E-state index in [4.69, 9.17) is 0 Å². The number of alkyl halides is 3. The Labute approximate surface area is 62.3 Å².